The molecule has 0 spiro atoms. The molecule has 1 aliphatic heterocycles. The van der Waals surface area contributed by atoms with E-state index in [-0.39, 0.29) is 30.1 Å². The maximum absolute atomic E-state index is 13.1. The van der Waals surface area contributed by atoms with Gasteiger partial charge in [0.15, 0.2) is 0 Å². The third-order valence-electron chi connectivity index (χ3n) is 5.49. The molecule has 2 aromatic rings. The summed E-state index contributed by atoms with van der Waals surface area (Å²) in [7, 11) is 3.44. The third-order valence-corrected chi connectivity index (χ3v) is 5.49. The Morgan fingerprint density at radius 3 is 2.23 bits per heavy atom. The van der Waals surface area contributed by atoms with Crippen LogP contribution in [0.5, 0.6) is 0 Å². The average Bonchev–Trinajstić information content (AvgIpc) is 3.13. The van der Waals surface area contributed by atoms with Crippen molar-refractivity contribution in [1.29, 1.82) is 0 Å². The highest BCUT2D eigenvalue weighted by Gasteiger charge is 2.36. The molecule has 0 aromatic heterocycles. The second-order valence-electron chi connectivity index (χ2n) is 7.99. The molecule has 6 heteroatoms. The van der Waals surface area contributed by atoms with Crippen LogP contribution in [0.2, 0.25) is 0 Å². The first-order valence-electron chi connectivity index (χ1n) is 10.3. The summed E-state index contributed by atoms with van der Waals surface area (Å²) in [6.45, 7) is 5.38. The van der Waals surface area contributed by atoms with Gasteiger partial charge in [-0.2, -0.15) is 0 Å². The maximum Gasteiger partial charge on any atom is 0.253 e. The zero-order valence-electron chi connectivity index (χ0n) is 18.1. The van der Waals surface area contributed by atoms with Gasteiger partial charge in [-0.1, -0.05) is 29.8 Å². The van der Waals surface area contributed by atoms with Crippen LogP contribution in [0.4, 0.5) is 5.69 Å². The first-order valence-corrected chi connectivity index (χ1v) is 10.3. The van der Waals surface area contributed by atoms with Crippen LogP contribution in [-0.4, -0.2) is 54.7 Å². The molecule has 0 radical (unpaired) electrons. The second-order valence-corrected chi connectivity index (χ2v) is 7.99. The molecule has 30 heavy (non-hydrogen) atoms. The molecule has 1 aliphatic rings. The van der Waals surface area contributed by atoms with Gasteiger partial charge in [-0.25, -0.2) is 0 Å². The van der Waals surface area contributed by atoms with E-state index in [1.54, 1.807) is 36.0 Å². The summed E-state index contributed by atoms with van der Waals surface area (Å²) >= 11 is 0. The van der Waals surface area contributed by atoms with Crippen molar-refractivity contribution >= 4 is 23.4 Å². The van der Waals surface area contributed by atoms with Crippen molar-refractivity contribution < 1.29 is 14.4 Å². The highest BCUT2D eigenvalue weighted by atomic mass is 16.2. The average molecular weight is 408 g/mol. The Morgan fingerprint density at radius 2 is 1.67 bits per heavy atom. The molecule has 0 bridgehead atoms. The Bertz CT molecular complexity index is 920. The first kappa shape index (κ1) is 21.6. The van der Waals surface area contributed by atoms with E-state index in [4.69, 9.17) is 0 Å². The number of carbonyl (C=O) groups excluding carboxylic acids is 3. The zero-order chi connectivity index (χ0) is 21.8. The van der Waals surface area contributed by atoms with E-state index in [9.17, 15) is 14.4 Å². The van der Waals surface area contributed by atoms with Crippen molar-refractivity contribution in [1.82, 2.24) is 9.80 Å². The summed E-state index contributed by atoms with van der Waals surface area (Å²) < 4.78 is 0. The molecular weight excluding hydrogens is 378 g/mol. The highest BCUT2D eigenvalue weighted by Crippen LogP contribution is 2.27. The second kappa shape index (κ2) is 9.11. The fraction of sp³-hybridized carbons (Fsp3) is 0.375. The smallest absolute Gasteiger partial charge is 0.253 e. The summed E-state index contributed by atoms with van der Waals surface area (Å²) in [5.41, 5.74) is 3.55. The number of amides is 3. The molecule has 1 saturated heterocycles. The number of aryl methyl sites for hydroxylation is 1. The van der Waals surface area contributed by atoms with Crippen molar-refractivity contribution in [3.63, 3.8) is 0 Å². The number of benzene rings is 2. The lowest BCUT2D eigenvalue weighted by Gasteiger charge is -2.24. The Kier molecular flexibility index (Phi) is 6.55. The molecular formula is C24H29N3O3. The number of carbonyl (C=O) groups is 3. The Balaban J connectivity index is 1.67. The van der Waals surface area contributed by atoms with Gasteiger partial charge in [0.1, 0.15) is 0 Å². The van der Waals surface area contributed by atoms with Crippen LogP contribution >= 0.6 is 0 Å². The molecule has 2 aromatic carbocycles. The minimum Gasteiger partial charge on any atom is -0.345 e. The van der Waals surface area contributed by atoms with Crippen LogP contribution in [0, 0.1) is 12.8 Å². The van der Waals surface area contributed by atoms with Gasteiger partial charge in [-0.3, -0.25) is 14.4 Å². The minimum atomic E-state index is -0.339. The minimum absolute atomic E-state index is 0.00564. The fourth-order valence-electron chi connectivity index (χ4n) is 3.68. The van der Waals surface area contributed by atoms with Crippen LogP contribution in [0.15, 0.2) is 48.5 Å². The number of nitrogens with zero attached hydrogens (tertiary/aromatic N) is 3. The standard InChI is InChI=1S/C24H29N3O3/c1-5-26(15-18-8-10-19(11-9-18)23(29)25(3)4)24(30)20-14-22(28)27(16-20)21-12-6-17(2)7-13-21/h6-13,20H,5,14-16H2,1-4H3. The monoisotopic (exact) mass is 407 g/mol. The summed E-state index contributed by atoms with van der Waals surface area (Å²) in [6, 6.07) is 15.1. The molecule has 1 fully saturated rings. The molecule has 0 N–H and O–H groups in total. The van der Waals surface area contributed by atoms with Gasteiger partial charge in [-0.05, 0) is 43.7 Å². The fourth-order valence-corrected chi connectivity index (χ4v) is 3.68. The summed E-state index contributed by atoms with van der Waals surface area (Å²) in [4.78, 5) is 42.7. The lowest BCUT2D eigenvalue weighted by Crippen LogP contribution is -2.37. The molecule has 158 valence electrons. The summed E-state index contributed by atoms with van der Waals surface area (Å²) in [5, 5.41) is 0. The summed E-state index contributed by atoms with van der Waals surface area (Å²) in [6.07, 6.45) is 0.236. The Morgan fingerprint density at radius 1 is 1.03 bits per heavy atom. The van der Waals surface area contributed by atoms with Gasteiger partial charge in [0.25, 0.3) is 5.91 Å². The first-order chi connectivity index (χ1) is 14.3. The van der Waals surface area contributed by atoms with E-state index in [2.05, 4.69) is 0 Å². The zero-order valence-corrected chi connectivity index (χ0v) is 18.1. The number of anilines is 1. The number of rotatable bonds is 6. The van der Waals surface area contributed by atoms with Crippen molar-refractivity contribution in [2.24, 2.45) is 5.92 Å². The number of hydrogen-bond acceptors (Lipinski definition) is 3. The van der Waals surface area contributed by atoms with Crippen molar-refractivity contribution in [3.05, 3.63) is 65.2 Å². The Hall–Kier alpha value is -3.15. The molecule has 0 aliphatic carbocycles. The number of hydrogen-bond donors (Lipinski definition) is 0. The van der Waals surface area contributed by atoms with Gasteiger partial charge in [-0.15, -0.1) is 0 Å². The van der Waals surface area contributed by atoms with Gasteiger partial charge < -0.3 is 14.7 Å². The molecule has 0 saturated carbocycles. The van der Waals surface area contributed by atoms with Gasteiger partial charge in [0.05, 0.1) is 5.92 Å². The van der Waals surface area contributed by atoms with Crippen molar-refractivity contribution in [2.75, 3.05) is 32.1 Å². The van der Waals surface area contributed by atoms with Crippen molar-refractivity contribution in [2.45, 2.75) is 26.8 Å². The van der Waals surface area contributed by atoms with Crippen LogP contribution in [0.1, 0.15) is 34.8 Å². The van der Waals surface area contributed by atoms with Crippen LogP contribution < -0.4 is 4.90 Å². The van der Waals surface area contributed by atoms with Crippen LogP contribution in [0.25, 0.3) is 0 Å². The normalized spacial score (nSPS) is 15.9. The van der Waals surface area contributed by atoms with E-state index in [1.807, 2.05) is 50.2 Å². The predicted molar refractivity (Wildman–Crippen MR) is 117 cm³/mol. The highest BCUT2D eigenvalue weighted by molar-refractivity contribution is 6.00. The molecule has 6 nitrogen and oxygen atoms in total. The maximum atomic E-state index is 13.1. The lowest BCUT2D eigenvalue weighted by atomic mass is 10.1. The molecule has 1 atom stereocenters. The van der Waals surface area contributed by atoms with Crippen molar-refractivity contribution in [3.8, 4) is 0 Å². The Labute approximate surface area is 178 Å². The SMILES string of the molecule is CCN(Cc1ccc(C(=O)N(C)C)cc1)C(=O)C1CC(=O)N(c2ccc(C)cc2)C1. The van der Waals surface area contributed by atoms with E-state index in [1.165, 1.54) is 4.90 Å². The molecule has 1 unspecified atom stereocenters. The van der Waals surface area contributed by atoms with Gasteiger partial charge >= 0.3 is 0 Å². The van der Waals surface area contributed by atoms with E-state index in [0.29, 0.717) is 25.2 Å². The third kappa shape index (κ3) is 4.70. The van der Waals surface area contributed by atoms with Crippen LogP contribution in [-0.2, 0) is 16.1 Å². The molecule has 3 rings (SSSR count). The van der Waals surface area contributed by atoms with Crippen LogP contribution in [0.3, 0.4) is 0 Å². The van der Waals surface area contributed by atoms with E-state index in [0.717, 1.165) is 16.8 Å². The van der Waals surface area contributed by atoms with Gasteiger partial charge in [0.2, 0.25) is 11.8 Å². The van der Waals surface area contributed by atoms with Gasteiger partial charge in [0, 0.05) is 51.4 Å². The van der Waals surface area contributed by atoms with E-state index >= 15 is 0 Å². The summed E-state index contributed by atoms with van der Waals surface area (Å²) in [5.74, 6) is -0.410. The largest absolute Gasteiger partial charge is 0.345 e. The lowest BCUT2D eigenvalue weighted by molar-refractivity contribution is -0.136. The predicted octanol–water partition coefficient (Wildman–Crippen LogP) is 3.10. The quantitative estimate of drug-likeness (QED) is 0.739. The topological polar surface area (TPSA) is 60.9 Å². The van der Waals surface area contributed by atoms with E-state index < -0.39 is 0 Å². The molecule has 1 heterocycles. The molecule has 3 amide bonds.